The molecule has 0 unspecified atom stereocenters. The van der Waals surface area contributed by atoms with Gasteiger partial charge >= 0.3 is 7.12 Å². The first-order chi connectivity index (χ1) is 14.7. The van der Waals surface area contributed by atoms with Gasteiger partial charge in [-0.05, 0) is 57.8 Å². The second kappa shape index (κ2) is 9.39. The van der Waals surface area contributed by atoms with Gasteiger partial charge in [-0.2, -0.15) is 11.3 Å². The van der Waals surface area contributed by atoms with E-state index in [9.17, 15) is 5.02 Å². The molecule has 1 N–H and O–H groups in total. The molecule has 0 bridgehead atoms. The highest BCUT2D eigenvalue weighted by Crippen LogP contribution is 2.38. The molecule has 2 heterocycles. The van der Waals surface area contributed by atoms with Crippen LogP contribution < -0.4 is 18.9 Å². The van der Waals surface area contributed by atoms with Crippen molar-refractivity contribution in [1.82, 2.24) is 0 Å². The number of hydrogen-bond donors (Lipinski definition) is 1. The maximum Gasteiger partial charge on any atom is 0.571 e. The van der Waals surface area contributed by atoms with Crippen molar-refractivity contribution in [3.05, 3.63) is 94.2 Å². The Labute approximate surface area is 184 Å². The molecule has 0 atom stereocenters. The van der Waals surface area contributed by atoms with Crippen LogP contribution in [0.2, 0.25) is 0 Å². The lowest BCUT2D eigenvalue weighted by atomic mass is 9.86. The van der Waals surface area contributed by atoms with Gasteiger partial charge in [-0.3, -0.25) is 0 Å². The quantitative estimate of drug-likeness (QED) is 0.404. The van der Waals surface area contributed by atoms with Crippen LogP contribution in [0.4, 0.5) is 0 Å². The highest BCUT2D eigenvalue weighted by atomic mass is 32.1. The molecule has 0 aliphatic rings. The summed E-state index contributed by atoms with van der Waals surface area (Å²) in [7, 11) is 2.37. The lowest BCUT2D eigenvalue weighted by Crippen LogP contribution is -2.33. The smallest absolute Gasteiger partial charge is 0.524 e. The van der Waals surface area contributed by atoms with Gasteiger partial charge in [-0.15, -0.1) is 11.3 Å². The molecule has 4 aromatic rings. The van der Waals surface area contributed by atoms with Crippen molar-refractivity contribution in [2.24, 2.45) is 0 Å². The molecule has 0 spiro atoms. The van der Waals surface area contributed by atoms with Gasteiger partial charge in [0, 0.05) is 10.7 Å². The minimum Gasteiger partial charge on any atom is -0.524 e. The van der Waals surface area contributed by atoms with Crippen LogP contribution in [-0.4, -0.2) is 26.4 Å². The number of ether oxygens (including phenoxy) is 2. The molecular formula is C23H21BO4S2. The van der Waals surface area contributed by atoms with Crippen LogP contribution in [-0.2, 0) is 0 Å². The largest absolute Gasteiger partial charge is 0.571 e. The fourth-order valence-corrected chi connectivity index (χ4v) is 4.76. The van der Waals surface area contributed by atoms with E-state index in [4.69, 9.17) is 14.1 Å². The lowest BCUT2D eigenvalue weighted by molar-refractivity contribution is 0.414. The SMILES string of the molecule is COc1ccc(C(c2ccc(OC)cc2)c2csc(OB(O)c3cccs3)c2)cc1. The van der Waals surface area contributed by atoms with Gasteiger partial charge in [0.25, 0.3) is 0 Å². The van der Waals surface area contributed by atoms with Crippen LogP contribution in [0.1, 0.15) is 22.6 Å². The maximum atomic E-state index is 10.3. The molecule has 4 rings (SSSR count). The number of benzene rings is 2. The molecular weight excluding hydrogens is 415 g/mol. The Morgan fingerprint density at radius 3 is 1.90 bits per heavy atom. The molecule has 0 saturated carbocycles. The first-order valence-corrected chi connectivity index (χ1v) is 11.2. The summed E-state index contributed by atoms with van der Waals surface area (Å²) >= 11 is 2.95. The molecule has 2 aromatic heterocycles. The van der Waals surface area contributed by atoms with E-state index in [2.05, 4.69) is 29.6 Å². The molecule has 152 valence electrons. The third-order valence-corrected chi connectivity index (χ3v) is 6.58. The van der Waals surface area contributed by atoms with Crippen molar-refractivity contribution in [3.63, 3.8) is 0 Å². The standard InChI is InChI=1S/C23H21BO4S2/c1-26-19-9-5-16(6-10-19)23(17-7-11-20(27-2)12-8-17)18-14-22(30-15-18)28-24(25)21-4-3-13-29-21/h3-15,23,25H,1-2H3. The fourth-order valence-electron chi connectivity index (χ4n) is 3.31. The van der Waals surface area contributed by atoms with Crippen LogP contribution in [0.25, 0.3) is 0 Å². The van der Waals surface area contributed by atoms with Gasteiger partial charge in [0.2, 0.25) is 0 Å². The van der Waals surface area contributed by atoms with E-state index in [1.807, 2.05) is 47.8 Å². The van der Waals surface area contributed by atoms with E-state index in [0.29, 0.717) is 5.06 Å². The summed E-state index contributed by atoms with van der Waals surface area (Å²) in [5.74, 6) is 1.66. The highest BCUT2D eigenvalue weighted by Gasteiger charge is 2.23. The van der Waals surface area contributed by atoms with Crippen LogP contribution >= 0.6 is 22.7 Å². The molecule has 0 aliphatic carbocycles. The van der Waals surface area contributed by atoms with Crippen molar-refractivity contribution in [1.29, 1.82) is 0 Å². The number of methoxy groups -OCH3 is 2. The zero-order valence-electron chi connectivity index (χ0n) is 16.6. The van der Waals surface area contributed by atoms with Gasteiger partial charge in [0.05, 0.1) is 14.2 Å². The first-order valence-electron chi connectivity index (χ1n) is 9.42. The zero-order valence-corrected chi connectivity index (χ0v) is 18.3. The molecule has 2 aromatic carbocycles. The Morgan fingerprint density at radius 2 is 1.40 bits per heavy atom. The van der Waals surface area contributed by atoms with Gasteiger partial charge in [0.15, 0.2) is 5.06 Å². The highest BCUT2D eigenvalue weighted by molar-refractivity contribution is 7.20. The average molecular weight is 436 g/mol. The molecule has 0 amide bonds. The first kappa shape index (κ1) is 20.5. The molecule has 0 saturated heterocycles. The summed E-state index contributed by atoms with van der Waals surface area (Å²) in [5.41, 5.74) is 3.39. The lowest BCUT2D eigenvalue weighted by Gasteiger charge is -2.18. The Hall–Kier alpha value is -2.74. The van der Waals surface area contributed by atoms with Crippen molar-refractivity contribution in [3.8, 4) is 16.6 Å². The Balaban J connectivity index is 1.65. The van der Waals surface area contributed by atoms with E-state index in [-0.39, 0.29) is 5.92 Å². The minimum atomic E-state index is -0.961. The summed E-state index contributed by atoms with van der Waals surface area (Å²) in [6.45, 7) is 0. The Bertz CT molecular complexity index is 1010. The van der Waals surface area contributed by atoms with E-state index in [1.54, 1.807) is 14.2 Å². The van der Waals surface area contributed by atoms with Crippen molar-refractivity contribution < 1.29 is 19.2 Å². The Morgan fingerprint density at radius 1 is 0.800 bits per heavy atom. The van der Waals surface area contributed by atoms with Gasteiger partial charge in [-0.25, -0.2) is 0 Å². The summed E-state index contributed by atoms with van der Waals surface area (Å²) in [6.07, 6.45) is 0. The predicted molar refractivity (Wildman–Crippen MR) is 124 cm³/mol. The molecule has 7 heteroatoms. The molecule has 0 fully saturated rings. The Kier molecular flexibility index (Phi) is 6.42. The van der Waals surface area contributed by atoms with Gasteiger partial charge < -0.3 is 19.2 Å². The van der Waals surface area contributed by atoms with E-state index in [1.165, 1.54) is 22.7 Å². The van der Waals surface area contributed by atoms with Crippen LogP contribution in [0.3, 0.4) is 0 Å². The third-order valence-electron chi connectivity index (χ3n) is 4.84. The maximum absolute atomic E-state index is 10.3. The van der Waals surface area contributed by atoms with Gasteiger partial charge in [0.1, 0.15) is 11.5 Å². The monoisotopic (exact) mass is 436 g/mol. The number of thiophene rings is 2. The van der Waals surface area contributed by atoms with E-state index < -0.39 is 7.12 Å². The second-order valence-electron chi connectivity index (χ2n) is 6.66. The summed E-state index contributed by atoms with van der Waals surface area (Å²) < 4.78 is 17.2. The third kappa shape index (κ3) is 4.54. The zero-order chi connectivity index (χ0) is 20.9. The topological polar surface area (TPSA) is 47.9 Å². The second-order valence-corrected chi connectivity index (χ2v) is 8.52. The molecule has 4 nitrogen and oxygen atoms in total. The van der Waals surface area contributed by atoms with E-state index in [0.717, 1.165) is 33.0 Å². The minimum absolute atomic E-state index is 0.0225. The molecule has 30 heavy (non-hydrogen) atoms. The predicted octanol–water partition coefficient (Wildman–Crippen LogP) is 4.77. The summed E-state index contributed by atoms with van der Waals surface area (Å²) in [5, 5.41) is 15.0. The van der Waals surface area contributed by atoms with Crippen molar-refractivity contribution in [2.45, 2.75) is 5.92 Å². The summed E-state index contributed by atoms with van der Waals surface area (Å²) in [4.78, 5) is 0. The van der Waals surface area contributed by atoms with Gasteiger partial charge in [-0.1, -0.05) is 36.4 Å². The molecule has 0 radical (unpaired) electrons. The number of hydrogen-bond acceptors (Lipinski definition) is 6. The fraction of sp³-hybridized carbons (Fsp3) is 0.130. The molecule has 0 aliphatic heterocycles. The summed E-state index contributed by atoms with van der Waals surface area (Å²) in [6, 6.07) is 21.9. The van der Waals surface area contributed by atoms with Crippen molar-refractivity contribution >= 4 is 34.6 Å². The number of rotatable bonds is 8. The normalized spacial score (nSPS) is 10.8. The van der Waals surface area contributed by atoms with Crippen LogP contribution in [0.5, 0.6) is 16.6 Å². The van der Waals surface area contributed by atoms with Crippen molar-refractivity contribution in [2.75, 3.05) is 14.2 Å². The average Bonchev–Trinajstić information content (AvgIpc) is 3.48. The van der Waals surface area contributed by atoms with E-state index >= 15 is 0 Å². The van der Waals surface area contributed by atoms with Crippen LogP contribution in [0.15, 0.2) is 77.5 Å². The van der Waals surface area contributed by atoms with Crippen LogP contribution in [0, 0.1) is 0 Å².